The number of nitrogens with zero attached hydrogens (tertiary/aromatic N) is 3. The molecule has 0 spiro atoms. The van der Waals surface area contributed by atoms with Crippen LogP contribution in [0.5, 0.6) is 0 Å². The quantitative estimate of drug-likeness (QED) is 0.719. The summed E-state index contributed by atoms with van der Waals surface area (Å²) in [5.74, 6) is -0.371. The highest BCUT2D eigenvalue weighted by molar-refractivity contribution is 5.93. The Morgan fingerprint density at radius 2 is 2.00 bits per heavy atom. The first-order valence-corrected chi connectivity index (χ1v) is 8.58. The minimum Gasteiger partial charge on any atom is -0.347 e. The number of nitrogens with one attached hydrogen (secondary N) is 3. The molecule has 1 aliphatic heterocycles. The predicted molar refractivity (Wildman–Crippen MR) is 94.2 cm³/mol. The van der Waals surface area contributed by atoms with E-state index in [1.54, 1.807) is 6.07 Å². The maximum atomic E-state index is 13.1. The molecule has 0 unspecified atom stereocenters. The minimum atomic E-state index is -0.418. The smallest absolute Gasteiger partial charge is 0.246 e. The van der Waals surface area contributed by atoms with Crippen LogP contribution in [0.3, 0.4) is 0 Å². The third-order valence-electron chi connectivity index (χ3n) is 4.07. The molecule has 2 heterocycles. The largest absolute Gasteiger partial charge is 0.347 e. The van der Waals surface area contributed by atoms with Gasteiger partial charge in [-0.25, -0.2) is 9.49 Å². The maximum Gasteiger partial charge on any atom is 0.246 e. The van der Waals surface area contributed by atoms with Crippen LogP contribution in [0.25, 0.3) is 0 Å². The monoisotopic (exact) mass is 360 g/mol. The zero-order valence-corrected chi connectivity index (χ0v) is 14.3. The second-order valence-corrected chi connectivity index (χ2v) is 6.16. The van der Waals surface area contributed by atoms with Crippen molar-refractivity contribution in [2.45, 2.75) is 25.7 Å². The van der Waals surface area contributed by atoms with Crippen molar-refractivity contribution in [2.75, 3.05) is 29.9 Å². The van der Waals surface area contributed by atoms with E-state index in [9.17, 15) is 14.0 Å². The molecule has 9 heteroatoms. The number of hydrogen-bond acceptors (Lipinski definition) is 5. The van der Waals surface area contributed by atoms with E-state index in [4.69, 9.17) is 0 Å². The molecule has 26 heavy (non-hydrogen) atoms. The minimum absolute atomic E-state index is 0.00640. The Morgan fingerprint density at radius 1 is 1.19 bits per heavy atom. The van der Waals surface area contributed by atoms with Gasteiger partial charge in [-0.2, -0.15) is 4.98 Å². The molecule has 0 bridgehead atoms. The molecule has 0 radical (unpaired) electrons. The van der Waals surface area contributed by atoms with Crippen molar-refractivity contribution in [1.29, 1.82) is 0 Å². The molecule has 8 nitrogen and oxygen atoms in total. The van der Waals surface area contributed by atoms with Gasteiger partial charge in [-0.15, -0.1) is 5.10 Å². The Morgan fingerprint density at radius 3 is 2.77 bits per heavy atom. The van der Waals surface area contributed by atoms with Gasteiger partial charge < -0.3 is 10.2 Å². The summed E-state index contributed by atoms with van der Waals surface area (Å²) in [4.78, 5) is 30.1. The van der Waals surface area contributed by atoms with Crippen molar-refractivity contribution < 1.29 is 14.0 Å². The Kier molecular flexibility index (Phi) is 5.77. The molecule has 0 saturated carbocycles. The second kappa shape index (κ2) is 8.41. The van der Waals surface area contributed by atoms with Crippen molar-refractivity contribution in [3.05, 3.63) is 35.6 Å². The number of piperidine rings is 1. The molecule has 2 amide bonds. The molecule has 1 saturated heterocycles. The van der Waals surface area contributed by atoms with Gasteiger partial charge in [0.05, 0.1) is 13.0 Å². The highest BCUT2D eigenvalue weighted by Crippen LogP contribution is 2.16. The molecule has 0 aliphatic carbocycles. The fraction of sp³-hybridized carbons (Fsp3) is 0.412. The van der Waals surface area contributed by atoms with Gasteiger partial charge in [-0.3, -0.25) is 14.9 Å². The first kappa shape index (κ1) is 17.8. The lowest BCUT2D eigenvalue weighted by atomic mass is 10.1. The molecular weight excluding hydrogens is 339 g/mol. The normalized spacial score (nSPS) is 14.1. The molecular formula is C17H21FN6O2. The number of anilines is 2. The lowest BCUT2D eigenvalue weighted by Gasteiger charge is -2.24. The van der Waals surface area contributed by atoms with Crippen LogP contribution >= 0.6 is 0 Å². The zero-order chi connectivity index (χ0) is 18.4. The molecule has 2 aromatic rings. The second-order valence-electron chi connectivity index (χ2n) is 6.16. The number of aromatic nitrogens is 3. The van der Waals surface area contributed by atoms with Crippen LogP contribution in [0.4, 0.5) is 16.3 Å². The van der Waals surface area contributed by atoms with Crippen molar-refractivity contribution in [3.8, 4) is 0 Å². The summed E-state index contributed by atoms with van der Waals surface area (Å²) in [6.45, 7) is 1.61. The van der Waals surface area contributed by atoms with E-state index in [0.29, 0.717) is 11.5 Å². The van der Waals surface area contributed by atoms with Gasteiger partial charge in [-0.05, 0) is 37.0 Å². The fourth-order valence-electron chi connectivity index (χ4n) is 2.79. The van der Waals surface area contributed by atoms with E-state index in [1.807, 2.05) is 0 Å². The summed E-state index contributed by atoms with van der Waals surface area (Å²) in [6.07, 6.45) is 3.42. The van der Waals surface area contributed by atoms with E-state index in [1.165, 1.54) is 24.6 Å². The van der Waals surface area contributed by atoms with E-state index in [0.717, 1.165) is 25.9 Å². The van der Waals surface area contributed by atoms with Crippen molar-refractivity contribution in [1.82, 2.24) is 20.5 Å². The molecule has 1 aliphatic rings. The topological polar surface area (TPSA) is 103 Å². The van der Waals surface area contributed by atoms with Crippen LogP contribution in [0.2, 0.25) is 0 Å². The summed E-state index contributed by atoms with van der Waals surface area (Å²) in [5.41, 5.74) is 0.546. The standard InChI is InChI=1S/C17H21FN6O2/c18-13-6-4-5-12(9-13)10-14(25)19-11-15(26)20-16-21-17(23-22-16)24-7-2-1-3-8-24/h4-6,9H,1-3,7-8,10-11H2,(H,19,25)(H2,20,21,22,23,26). The Labute approximate surface area is 150 Å². The Hall–Kier alpha value is -2.97. The highest BCUT2D eigenvalue weighted by Gasteiger charge is 2.16. The molecule has 138 valence electrons. The lowest BCUT2D eigenvalue weighted by Crippen LogP contribution is -2.34. The van der Waals surface area contributed by atoms with Gasteiger partial charge in [0, 0.05) is 13.1 Å². The number of carbonyl (C=O) groups is 2. The highest BCUT2D eigenvalue weighted by atomic mass is 19.1. The summed E-state index contributed by atoms with van der Waals surface area (Å²) in [5, 5.41) is 11.8. The lowest BCUT2D eigenvalue weighted by molar-refractivity contribution is -0.123. The molecule has 0 atom stereocenters. The van der Waals surface area contributed by atoms with Crippen LogP contribution < -0.4 is 15.5 Å². The van der Waals surface area contributed by atoms with Crippen LogP contribution in [0.1, 0.15) is 24.8 Å². The van der Waals surface area contributed by atoms with Crippen LogP contribution in [0.15, 0.2) is 24.3 Å². The van der Waals surface area contributed by atoms with Crippen LogP contribution in [-0.4, -0.2) is 46.6 Å². The maximum absolute atomic E-state index is 13.1. The number of rotatable bonds is 6. The predicted octanol–water partition coefficient (Wildman–Crippen LogP) is 1.23. The average Bonchev–Trinajstić information content (AvgIpc) is 3.09. The van der Waals surface area contributed by atoms with Crippen LogP contribution in [0, 0.1) is 5.82 Å². The fourth-order valence-corrected chi connectivity index (χ4v) is 2.79. The first-order valence-electron chi connectivity index (χ1n) is 8.58. The zero-order valence-electron chi connectivity index (χ0n) is 14.3. The van der Waals surface area contributed by atoms with Crippen LogP contribution in [-0.2, 0) is 16.0 Å². The van der Waals surface area contributed by atoms with Gasteiger partial charge >= 0.3 is 0 Å². The molecule has 1 aromatic carbocycles. The van der Waals surface area contributed by atoms with E-state index in [2.05, 4.69) is 30.7 Å². The summed E-state index contributed by atoms with van der Waals surface area (Å²) < 4.78 is 13.1. The average molecular weight is 360 g/mol. The van der Waals surface area contributed by atoms with Gasteiger partial charge in [0.1, 0.15) is 5.82 Å². The SMILES string of the molecule is O=C(Cc1cccc(F)c1)NCC(=O)Nc1nc(N2CCCCC2)n[nH]1. The third kappa shape index (κ3) is 5.01. The summed E-state index contributed by atoms with van der Waals surface area (Å²) >= 11 is 0. The van der Waals surface area contributed by atoms with Crippen molar-refractivity contribution in [2.24, 2.45) is 0 Å². The van der Waals surface area contributed by atoms with Crippen molar-refractivity contribution in [3.63, 3.8) is 0 Å². The number of hydrogen-bond donors (Lipinski definition) is 3. The van der Waals surface area contributed by atoms with Gasteiger partial charge in [0.2, 0.25) is 23.7 Å². The van der Waals surface area contributed by atoms with Gasteiger partial charge in [0.25, 0.3) is 0 Å². The Bertz CT molecular complexity index is 772. The number of H-pyrrole nitrogens is 1. The molecule has 1 fully saturated rings. The number of amides is 2. The Balaban J connectivity index is 1.44. The molecule has 1 aromatic heterocycles. The number of halogens is 1. The van der Waals surface area contributed by atoms with Gasteiger partial charge in [-0.1, -0.05) is 12.1 Å². The van der Waals surface area contributed by atoms with E-state index < -0.39 is 11.7 Å². The third-order valence-corrected chi connectivity index (χ3v) is 4.07. The number of aromatic amines is 1. The van der Waals surface area contributed by atoms with Crippen molar-refractivity contribution >= 4 is 23.7 Å². The van der Waals surface area contributed by atoms with Gasteiger partial charge in [0.15, 0.2) is 0 Å². The summed E-state index contributed by atoms with van der Waals surface area (Å²) in [7, 11) is 0. The van der Waals surface area contributed by atoms with E-state index in [-0.39, 0.29) is 24.8 Å². The van der Waals surface area contributed by atoms with E-state index >= 15 is 0 Å². The molecule has 3 rings (SSSR count). The number of carbonyl (C=O) groups excluding carboxylic acids is 2. The number of benzene rings is 1. The molecule has 3 N–H and O–H groups in total. The summed E-state index contributed by atoms with van der Waals surface area (Å²) in [6, 6.07) is 5.79. The first-order chi connectivity index (χ1) is 12.6.